The molecule has 0 amide bonds. The molecule has 2 heterocycles. The summed E-state index contributed by atoms with van der Waals surface area (Å²) in [6, 6.07) is 10.1. The Kier molecular flexibility index (Phi) is 11.4. The van der Waals surface area contributed by atoms with Crippen molar-refractivity contribution in [3.63, 3.8) is 0 Å². The highest BCUT2D eigenvalue weighted by atomic mass is 16.6. The fraction of sp³-hybridized carbons (Fsp3) is 0.760. The third kappa shape index (κ3) is 8.37. The van der Waals surface area contributed by atoms with Gasteiger partial charge in [-0.1, -0.05) is 65.5 Å². The Morgan fingerprint density at radius 1 is 0.897 bits per heavy atom. The molecule has 1 N–H and O–H groups in total. The van der Waals surface area contributed by atoms with E-state index >= 15 is 0 Å². The van der Waals surface area contributed by atoms with Crippen molar-refractivity contribution < 1.29 is 19.3 Å². The van der Waals surface area contributed by atoms with E-state index in [1.165, 1.54) is 6.42 Å². The van der Waals surface area contributed by atoms with Crippen molar-refractivity contribution in [2.75, 3.05) is 6.61 Å². The highest BCUT2D eigenvalue weighted by Crippen LogP contribution is 2.30. The first-order chi connectivity index (χ1) is 13.3. The molecule has 0 aromatic heterocycles. The lowest BCUT2D eigenvalue weighted by Crippen LogP contribution is -2.41. The Balaban J connectivity index is 0.000000327. The van der Waals surface area contributed by atoms with Crippen LogP contribution in [0.15, 0.2) is 30.3 Å². The van der Waals surface area contributed by atoms with Crippen molar-refractivity contribution in [2.24, 2.45) is 23.7 Å². The first-order valence-electron chi connectivity index (χ1n) is 10.9. The van der Waals surface area contributed by atoms with E-state index in [2.05, 4.69) is 41.5 Å². The summed E-state index contributed by atoms with van der Waals surface area (Å²) in [5.74, 6) is 2.46. The maximum absolute atomic E-state index is 9.61. The molecular weight excluding hydrogens is 364 g/mol. The number of hydrogen-bond donors (Lipinski definition) is 1. The summed E-state index contributed by atoms with van der Waals surface area (Å²) in [5.41, 5.74) is 1.16. The van der Waals surface area contributed by atoms with E-state index in [9.17, 15) is 5.11 Å². The Morgan fingerprint density at radius 3 is 2.14 bits per heavy atom. The molecule has 0 radical (unpaired) electrons. The van der Waals surface area contributed by atoms with E-state index in [0.717, 1.165) is 23.8 Å². The normalized spacial score (nSPS) is 37.1. The second-order valence-electron chi connectivity index (χ2n) is 8.93. The van der Waals surface area contributed by atoms with E-state index in [0.29, 0.717) is 37.3 Å². The molecular formula is C25H44O4. The molecule has 168 valence electrons. The van der Waals surface area contributed by atoms with Gasteiger partial charge in [0, 0.05) is 6.42 Å². The predicted octanol–water partition coefficient (Wildman–Crippen LogP) is 5.67. The Morgan fingerprint density at radius 2 is 1.52 bits per heavy atom. The number of ether oxygens (including phenoxy) is 3. The summed E-state index contributed by atoms with van der Waals surface area (Å²) >= 11 is 0. The SMILES string of the molecule is C.CC1C[C@@H](C)[C@@H](C)C(C)O1.C[C@@H]1CC(O)OC(COCc2ccccc2)[C@H]1C. The number of benzene rings is 1. The summed E-state index contributed by atoms with van der Waals surface area (Å²) in [6.07, 6.45) is 2.23. The zero-order valence-electron chi connectivity index (χ0n) is 18.5. The van der Waals surface area contributed by atoms with Crippen LogP contribution < -0.4 is 0 Å². The van der Waals surface area contributed by atoms with Gasteiger partial charge in [-0.15, -0.1) is 0 Å². The van der Waals surface area contributed by atoms with Crippen molar-refractivity contribution in [3.05, 3.63) is 35.9 Å². The summed E-state index contributed by atoms with van der Waals surface area (Å²) < 4.78 is 16.9. The molecule has 4 heteroatoms. The van der Waals surface area contributed by atoms with Crippen molar-refractivity contribution in [2.45, 2.75) is 93.0 Å². The molecule has 29 heavy (non-hydrogen) atoms. The van der Waals surface area contributed by atoms with Gasteiger partial charge in [-0.25, -0.2) is 0 Å². The van der Waals surface area contributed by atoms with Gasteiger partial charge in [-0.2, -0.15) is 0 Å². The molecule has 2 aliphatic rings. The van der Waals surface area contributed by atoms with Crippen LogP contribution in [0.4, 0.5) is 0 Å². The highest BCUT2D eigenvalue weighted by molar-refractivity contribution is 5.13. The van der Waals surface area contributed by atoms with Gasteiger partial charge in [0.25, 0.3) is 0 Å². The van der Waals surface area contributed by atoms with Crippen LogP contribution in [0.3, 0.4) is 0 Å². The fourth-order valence-electron chi connectivity index (χ4n) is 4.09. The van der Waals surface area contributed by atoms with Crippen LogP contribution in [0.2, 0.25) is 0 Å². The van der Waals surface area contributed by atoms with Crippen LogP contribution in [0, 0.1) is 23.7 Å². The van der Waals surface area contributed by atoms with E-state index in [-0.39, 0.29) is 13.5 Å². The summed E-state index contributed by atoms with van der Waals surface area (Å²) in [5, 5.41) is 9.61. The van der Waals surface area contributed by atoms with Crippen LogP contribution >= 0.6 is 0 Å². The van der Waals surface area contributed by atoms with E-state index in [1.54, 1.807) is 0 Å². The molecule has 8 atom stereocenters. The van der Waals surface area contributed by atoms with Gasteiger partial charge in [0.1, 0.15) is 0 Å². The average molecular weight is 409 g/mol. The van der Waals surface area contributed by atoms with Crippen LogP contribution in [-0.4, -0.2) is 36.3 Å². The second kappa shape index (κ2) is 12.7. The standard InChI is InChI=1S/C15H22O3.C9H18O.CH4/c1-11-8-15(16)18-14(12(11)2)10-17-9-13-6-4-3-5-7-13;1-6-5-7(2)10-9(4)8(6)3;/h3-7,11-12,14-16H,8-10H2,1-2H3;6-9H,5H2,1-4H3;1H4/t11-,12+,14?,15?;6-,7?,8-,9?;/m11./s1. The van der Waals surface area contributed by atoms with Crippen LogP contribution in [0.5, 0.6) is 0 Å². The van der Waals surface area contributed by atoms with Gasteiger partial charge in [-0.3, -0.25) is 0 Å². The van der Waals surface area contributed by atoms with Gasteiger partial charge in [-0.05, 0) is 49.5 Å². The fourth-order valence-corrected chi connectivity index (χ4v) is 4.09. The topological polar surface area (TPSA) is 47.9 Å². The second-order valence-corrected chi connectivity index (χ2v) is 8.93. The Labute approximate surface area is 179 Å². The summed E-state index contributed by atoms with van der Waals surface area (Å²) in [6.45, 7) is 14.4. The molecule has 1 aromatic carbocycles. The van der Waals surface area contributed by atoms with Gasteiger partial charge in [0.2, 0.25) is 0 Å². The lowest BCUT2D eigenvalue weighted by molar-refractivity contribution is -0.209. The lowest BCUT2D eigenvalue weighted by Gasteiger charge is -2.36. The van der Waals surface area contributed by atoms with E-state index in [1.807, 2.05) is 30.3 Å². The average Bonchev–Trinajstić information content (AvgIpc) is 2.65. The molecule has 0 spiro atoms. The highest BCUT2D eigenvalue weighted by Gasteiger charge is 2.32. The molecule has 2 saturated heterocycles. The summed E-state index contributed by atoms with van der Waals surface area (Å²) in [4.78, 5) is 0. The zero-order chi connectivity index (χ0) is 20.7. The number of aliphatic hydroxyl groups is 1. The van der Waals surface area contributed by atoms with Crippen molar-refractivity contribution >= 4 is 0 Å². The minimum absolute atomic E-state index is 0. The third-order valence-corrected chi connectivity index (χ3v) is 6.57. The lowest BCUT2D eigenvalue weighted by atomic mass is 9.85. The Bertz CT molecular complexity index is 537. The molecule has 0 aliphatic carbocycles. The maximum atomic E-state index is 9.61. The summed E-state index contributed by atoms with van der Waals surface area (Å²) in [7, 11) is 0. The molecule has 4 unspecified atom stereocenters. The first-order valence-corrected chi connectivity index (χ1v) is 10.9. The van der Waals surface area contributed by atoms with Crippen LogP contribution in [0.1, 0.15) is 67.4 Å². The molecule has 4 nitrogen and oxygen atoms in total. The Hall–Kier alpha value is -0.940. The zero-order valence-corrected chi connectivity index (χ0v) is 18.5. The van der Waals surface area contributed by atoms with E-state index < -0.39 is 6.29 Å². The number of aliphatic hydroxyl groups excluding tert-OH is 1. The van der Waals surface area contributed by atoms with E-state index in [4.69, 9.17) is 14.2 Å². The number of hydrogen-bond acceptors (Lipinski definition) is 4. The van der Waals surface area contributed by atoms with Gasteiger partial charge >= 0.3 is 0 Å². The molecule has 3 rings (SSSR count). The van der Waals surface area contributed by atoms with Crippen molar-refractivity contribution in [1.29, 1.82) is 0 Å². The quantitative estimate of drug-likeness (QED) is 0.697. The molecule has 2 aliphatic heterocycles. The predicted molar refractivity (Wildman–Crippen MR) is 120 cm³/mol. The molecule has 2 fully saturated rings. The third-order valence-electron chi connectivity index (χ3n) is 6.57. The maximum Gasteiger partial charge on any atom is 0.155 e. The van der Waals surface area contributed by atoms with Crippen molar-refractivity contribution in [3.8, 4) is 0 Å². The van der Waals surface area contributed by atoms with Crippen LogP contribution in [-0.2, 0) is 20.8 Å². The van der Waals surface area contributed by atoms with Crippen LogP contribution in [0.25, 0.3) is 0 Å². The van der Waals surface area contributed by atoms with Gasteiger partial charge < -0.3 is 19.3 Å². The minimum Gasteiger partial charge on any atom is -0.375 e. The minimum atomic E-state index is -0.637. The monoisotopic (exact) mass is 408 g/mol. The van der Waals surface area contributed by atoms with Gasteiger partial charge in [0.15, 0.2) is 6.29 Å². The van der Waals surface area contributed by atoms with Gasteiger partial charge in [0.05, 0.1) is 31.5 Å². The molecule has 0 bridgehead atoms. The smallest absolute Gasteiger partial charge is 0.155 e. The molecule has 0 saturated carbocycles. The first kappa shape index (κ1) is 26.1. The van der Waals surface area contributed by atoms with Crippen molar-refractivity contribution in [1.82, 2.24) is 0 Å². The molecule has 1 aromatic rings. The number of rotatable bonds is 4. The largest absolute Gasteiger partial charge is 0.375 e.